The molecule has 1 heterocycles. The Balaban J connectivity index is 1.77. The van der Waals surface area contributed by atoms with E-state index in [0.717, 1.165) is 11.3 Å². The molecule has 0 unspecified atom stereocenters. The van der Waals surface area contributed by atoms with Crippen LogP contribution in [0, 0.1) is 0 Å². The zero-order valence-electron chi connectivity index (χ0n) is 14.7. The summed E-state index contributed by atoms with van der Waals surface area (Å²) in [4.78, 5) is 23.8. The largest absolute Gasteiger partial charge is 0.493 e. The first-order valence-corrected chi connectivity index (χ1v) is 8.36. The van der Waals surface area contributed by atoms with Crippen LogP contribution in [0.3, 0.4) is 0 Å². The Morgan fingerprint density at radius 1 is 1.15 bits per heavy atom. The lowest BCUT2D eigenvalue weighted by atomic mass is 10.1. The molecule has 26 heavy (non-hydrogen) atoms. The molecule has 0 aromatic heterocycles. The highest BCUT2D eigenvalue weighted by atomic mass is 16.5. The van der Waals surface area contributed by atoms with Gasteiger partial charge < -0.3 is 25.4 Å². The molecule has 0 aliphatic carbocycles. The quantitative estimate of drug-likeness (QED) is 0.738. The highest BCUT2D eigenvalue weighted by Crippen LogP contribution is 2.32. The molecule has 0 spiro atoms. The molecule has 3 N–H and O–H groups in total. The van der Waals surface area contributed by atoms with Gasteiger partial charge in [0.05, 0.1) is 12.7 Å². The summed E-state index contributed by atoms with van der Waals surface area (Å²) in [5.41, 5.74) is 2.20. The third kappa shape index (κ3) is 3.72. The number of hydrogen-bond donors (Lipinski definition) is 3. The molecule has 1 aliphatic heterocycles. The van der Waals surface area contributed by atoms with Gasteiger partial charge in [-0.3, -0.25) is 9.59 Å². The van der Waals surface area contributed by atoms with E-state index in [2.05, 4.69) is 16.0 Å². The summed E-state index contributed by atoms with van der Waals surface area (Å²) < 4.78 is 10.9. The number of ether oxygens (including phenoxy) is 2. The average Bonchev–Trinajstić information content (AvgIpc) is 2.66. The fourth-order valence-electron chi connectivity index (χ4n) is 2.75. The molecule has 7 heteroatoms. The summed E-state index contributed by atoms with van der Waals surface area (Å²) in [6, 6.07) is 12.7. The minimum Gasteiger partial charge on any atom is -0.493 e. The smallest absolute Gasteiger partial charge is 0.257 e. The van der Waals surface area contributed by atoms with Gasteiger partial charge in [0.15, 0.2) is 18.1 Å². The van der Waals surface area contributed by atoms with Crippen LogP contribution >= 0.6 is 0 Å². The fraction of sp³-hybridized carbons (Fsp3) is 0.263. The van der Waals surface area contributed by atoms with Crippen molar-refractivity contribution in [2.45, 2.75) is 13.1 Å². The van der Waals surface area contributed by atoms with Gasteiger partial charge in [0, 0.05) is 12.2 Å². The molecule has 0 fully saturated rings. The van der Waals surface area contributed by atoms with Gasteiger partial charge >= 0.3 is 0 Å². The van der Waals surface area contributed by atoms with Crippen LogP contribution in [-0.2, 0) is 4.79 Å². The Kier molecular flexibility index (Phi) is 5.26. The van der Waals surface area contributed by atoms with Crippen molar-refractivity contribution in [3.63, 3.8) is 0 Å². The topological polar surface area (TPSA) is 88.7 Å². The van der Waals surface area contributed by atoms with E-state index < -0.39 is 0 Å². The number of carbonyl (C=O) groups excluding carboxylic acids is 2. The maximum absolute atomic E-state index is 12.3. The molecule has 2 aromatic rings. The molecule has 2 amide bonds. The van der Waals surface area contributed by atoms with Crippen LogP contribution in [0.2, 0.25) is 0 Å². The fourth-order valence-corrected chi connectivity index (χ4v) is 2.75. The zero-order chi connectivity index (χ0) is 18.5. The molecular weight excluding hydrogens is 334 g/mol. The first-order valence-electron chi connectivity index (χ1n) is 8.36. The van der Waals surface area contributed by atoms with E-state index in [1.807, 2.05) is 31.2 Å². The van der Waals surface area contributed by atoms with Gasteiger partial charge in [-0.25, -0.2) is 0 Å². The van der Waals surface area contributed by atoms with E-state index in [9.17, 15) is 9.59 Å². The van der Waals surface area contributed by atoms with Crippen LogP contribution in [-0.4, -0.2) is 32.1 Å². The van der Waals surface area contributed by atoms with Gasteiger partial charge in [0.25, 0.3) is 11.8 Å². The number of likely N-dealkylation sites (N-methyl/N-ethyl adjacent to an activating group) is 1. The van der Waals surface area contributed by atoms with Crippen molar-refractivity contribution in [2.24, 2.45) is 0 Å². The molecule has 1 aliphatic rings. The normalized spacial score (nSPS) is 15.3. The van der Waals surface area contributed by atoms with Gasteiger partial charge in [0.1, 0.15) is 6.17 Å². The molecule has 0 radical (unpaired) electrons. The zero-order valence-corrected chi connectivity index (χ0v) is 14.7. The molecular formula is C19H21N3O4. The standard InChI is InChI=1S/C19H21N3O4/c1-3-20-17(23)11-26-15-9-8-12(10-16(15)25-2)18-21-14-7-5-4-6-13(14)19(24)22-18/h4-10,18,21H,3,11H2,1-2H3,(H,20,23)(H,22,24)/t18-/m1/s1. The predicted molar refractivity (Wildman–Crippen MR) is 97.4 cm³/mol. The molecule has 0 bridgehead atoms. The van der Waals surface area contributed by atoms with Gasteiger partial charge in [0.2, 0.25) is 0 Å². The van der Waals surface area contributed by atoms with Gasteiger partial charge in [-0.15, -0.1) is 0 Å². The summed E-state index contributed by atoms with van der Waals surface area (Å²) in [6.07, 6.45) is -0.385. The van der Waals surface area contributed by atoms with Gasteiger partial charge in [-0.1, -0.05) is 18.2 Å². The molecule has 1 atom stereocenters. The second kappa shape index (κ2) is 7.77. The molecule has 136 valence electrons. The van der Waals surface area contributed by atoms with E-state index in [4.69, 9.17) is 9.47 Å². The number of hydrogen-bond acceptors (Lipinski definition) is 5. The number of methoxy groups -OCH3 is 1. The number of carbonyl (C=O) groups is 2. The van der Waals surface area contributed by atoms with Crippen molar-refractivity contribution in [3.8, 4) is 11.5 Å². The second-order valence-electron chi connectivity index (χ2n) is 5.75. The summed E-state index contributed by atoms with van der Waals surface area (Å²) in [5.74, 6) is 0.614. The van der Waals surface area contributed by atoms with Crippen molar-refractivity contribution in [2.75, 3.05) is 25.6 Å². The molecule has 0 saturated heterocycles. The number of benzene rings is 2. The van der Waals surface area contributed by atoms with E-state index in [1.54, 1.807) is 18.2 Å². The first-order chi connectivity index (χ1) is 12.6. The lowest BCUT2D eigenvalue weighted by molar-refractivity contribution is -0.123. The Labute approximate surface area is 151 Å². The summed E-state index contributed by atoms with van der Waals surface area (Å²) in [7, 11) is 1.53. The summed E-state index contributed by atoms with van der Waals surface area (Å²) in [6.45, 7) is 2.30. The number of anilines is 1. The Morgan fingerprint density at radius 3 is 2.73 bits per heavy atom. The summed E-state index contributed by atoms with van der Waals surface area (Å²) in [5, 5.41) is 8.87. The van der Waals surface area contributed by atoms with Gasteiger partial charge in [-0.05, 0) is 36.8 Å². The van der Waals surface area contributed by atoms with Crippen LogP contribution in [0.25, 0.3) is 0 Å². The highest BCUT2D eigenvalue weighted by molar-refractivity contribution is 6.01. The van der Waals surface area contributed by atoms with Crippen LogP contribution in [0.4, 0.5) is 5.69 Å². The third-order valence-corrected chi connectivity index (χ3v) is 4.00. The molecule has 0 saturated carbocycles. The Morgan fingerprint density at radius 2 is 1.96 bits per heavy atom. The average molecular weight is 355 g/mol. The Hall–Kier alpha value is -3.22. The van der Waals surface area contributed by atoms with Crippen LogP contribution in [0.5, 0.6) is 11.5 Å². The number of para-hydroxylation sites is 1. The second-order valence-corrected chi connectivity index (χ2v) is 5.75. The minimum atomic E-state index is -0.385. The molecule has 2 aromatic carbocycles. The van der Waals surface area contributed by atoms with Gasteiger partial charge in [-0.2, -0.15) is 0 Å². The van der Waals surface area contributed by atoms with Crippen LogP contribution < -0.4 is 25.4 Å². The first kappa shape index (κ1) is 17.6. The van der Waals surface area contributed by atoms with E-state index in [1.165, 1.54) is 7.11 Å². The highest BCUT2D eigenvalue weighted by Gasteiger charge is 2.25. The van der Waals surface area contributed by atoms with Crippen LogP contribution in [0.15, 0.2) is 42.5 Å². The number of fused-ring (bicyclic) bond motifs is 1. The SMILES string of the molecule is CCNC(=O)COc1ccc([C@H]2NC(=O)c3ccccc3N2)cc1OC. The van der Waals surface area contributed by atoms with Crippen molar-refractivity contribution >= 4 is 17.5 Å². The van der Waals surface area contributed by atoms with E-state index >= 15 is 0 Å². The maximum Gasteiger partial charge on any atom is 0.257 e. The lowest BCUT2D eigenvalue weighted by Crippen LogP contribution is -2.38. The van der Waals surface area contributed by atoms with Crippen molar-refractivity contribution < 1.29 is 19.1 Å². The van der Waals surface area contributed by atoms with Crippen molar-refractivity contribution in [1.29, 1.82) is 0 Å². The maximum atomic E-state index is 12.3. The Bertz CT molecular complexity index is 822. The predicted octanol–water partition coefficient (Wildman–Crippen LogP) is 2.06. The molecule has 7 nitrogen and oxygen atoms in total. The van der Waals surface area contributed by atoms with Crippen LogP contribution in [0.1, 0.15) is 29.0 Å². The molecule has 3 rings (SSSR count). The monoisotopic (exact) mass is 355 g/mol. The number of amides is 2. The van der Waals surface area contributed by atoms with E-state index in [0.29, 0.717) is 23.6 Å². The summed E-state index contributed by atoms with van der Waals surface area (Å²) >= 11 is 0. The van der Waals surface area contributed by atoms with Crippen molar-refractivity contribution in [1.82, 2.24) is 10.6 Å². The lowest BCUT2D eigenvalue weighted by Gasteiger charge is -2.28. The van der Waals surface area contributed by atoms with E-state index in [-0.39, 0.29) is 24.6 Å². The van der Waals surface area contributed by atoms with Crippen molar-refractivity contribution in [3.05, 3.63) is 53.6 Å². The third-order valence-electron chi connectivity index (χ3n) is 4.00. The minimum absolute atomic E-state index is 0.0880. The number of rotatable bonds is 6. The number of nitrogens with one attached hydrogen (secondary N) is 3.